The minimum absolute atomic E-state index is 0.139. The third-order valence-electron chi connectivity index (χ3n) is 6.10. The molecule has 0 saturated heterocycles. The average molecular weight is 808 g/mol. The van der Waals surface area contributed by atoms with Gasteiger partial charge in [0.25, 0.3) is 0 Å². The molecule has 5 aromatic rings. The first-order valence-electron chi connectivity index (χ1n) is 17.5. The summed E-state index contributed by atoms with van der Waals surface area (Å²) in [5.74, 6) is 0.621. The SMILES string of the molecule is CCCCN.CCOc1ccc(N)cc1.Nc1ccc(C(F)(F)F)cc1.Nc1ccc(Cl)cc1.Nc1ccc(F)cc1.Nc1ccccc1.OCCNCCO. The average Bonchev–Trinajstić information content (AvgIpc) is 3.17. The summed E-state index contributed by atoms with van der Waals surface area (Å²) in [6, 6.07) is 34.0. The summed E-state index contributed by atoms with van der Waals surface area (Å²) in [5.41, 5.74) is 34.4. The number of nitrogens with one attached hydrogen (secondary N) is 1. The van der Waals surface area contributed by atoms with E-state index < -0.39 is 11.7 Å². The fourth-order valence-electron chi connectivity index (χ4n) is 3.27. The van der Waals surface area contributed by atoms with Crippen molar-refractivity contribution >= 4 is 40.0 Å². The molecule has 56 heavy (non-hydrogen) atoms. The van der Waals surface area contributed by atoms with Crippen molar-refractivity contribution in [3.63, 3.8) is 0 Å². The number of ether oxygens (including phenoxy) is 1. The van der Waals surface area contributed by atoms with Gasteiger partial charge in [0.1, 0.15) is 11.6 Å². The molecule has 0 radical (unpaired) electrons. The number of alkyl halides is 3. The molecule has 0 saturated carbocycles. The smallest absolute Gasteiger partial charge is 0.416 e. The maximum atomic E-state index is 12.0. The zero-order chi connectivity index (χ0) is 42.6. The number of rotatable bonds is 8. The first kappa shape index (κ1) is 52.9. The maximum Gasteiger partial charge on any atom is 0.416 e. The number of anilines is 5. The molecule has 15 heteroatoms. The predicted octanol–water partition coefficient (Wildman–Crippen LogP) is 7.86. The molecule has 0 amide bonds. The quantitative estimate of drug-likeness (QED) is 0.0420. The third kappa shape index (κ3) is 33.3. The molecule has 310 valence electrons. The molecule has 10 nitrogen and oxygen atoms in total. The van der Waals surface area contributed by atoms with Crippen LogP contribution in [0.4, 0.5) is 46.0 Å². The molecule has 0 aliphatic carbocycles. The van der Waals surface area contributed by atoms with E-state index >= 15 is 0 Å². The number of aliphatic hydroxyl groups is 2. The van der Waals surface area contributed by atoms with Crippen LogP contribution in [0, 0.1) is 5.82 Å². The molecule has 5 rings (SSSR count). The first-order chi connectivity index (χ1) is 26.6. The largest absolute Gasteiger partial charge is 0.494 e. The van der Waals surface area contributed by atoms with Gasteiger partial charge in [0, 0.05) is 46.5 Å². The van der Waals surface area contributed by atoms with Crippen molar-refractivity contribution in [3.05, 3.63) is 144 Å². The number of nitrogen functional groups attached to an aromatic ring is 5. The van der Waals surface area contributed by atoms with Crippen molar-refractivity contribution in [2.75, 3.05) is 68.1 Å². The topological polar surface area (TPSA) is 218 Å². The van der Waals surface area contributed by atoms with Crippen LogP contribution in [0.3, 0.4) is 0 Å². The zero-order valence-electron chi connectivity index (χ0n) is 31.9. The van der Waals surface area contributed by atoms with E-state index in [9.17, 15) is 17.6 Å². The van der Waals surface area contributed by atoms with E-state index in [1.807, 2.05) is 61.5 Å². The number of benzene rings is 5. The lowest BCUT2D eigenvalue weighted by Crippen LogP contribution is -2.21. The van der Waals surface area contributed by atoms with Crippen LogP contribution in [0.5, 0.6) is 5.75 Å². The van der Waals surface area contributed by atoms with Crippen LogP contribution in [0.25, 0.3) is 0 Å². The second-order valence-electron chi connectivity index (χ2n) is 11.0. The van der Waals surface area contributed by atoms with E-state index in [1.54, 1.807) is 24.3 Å². The molecule has 0 spiro atoms. The lowest BCUT2D eigenvalue weighted by Gasteiger charge is -2.05. The van der Waals surface area contributed by atoms with Crippen LogP contribution in [-0.2, 0) is 6.18 Å². The Morgan fingerprint density at radius 2 is 1.00 bits per heavy atom. The van der Waals surface area contributed by atoms with Crippen LogP contribution in [-0.4, -0.2) is 49.7 Å². The Morgan fingerprint density at radius 3 is 1.29 bits per heavy atom. The van der Waals surface area contributed by atoms with Crippen molar-refractivity contribution in [1.82, 2.24) is 5.32 Å². The minimum atomic E-state index is -4.27. The molecule has 0 bridgehead atoms. The van der Waals surface area contributed by atoms with Gasteiger partial charge in [-0.3, -0.25) is 0 Å². The van der Waals surface area contributed by atoms with Gasteiger partial charge in [0.2, 0.25) is 0 Å². The fraction of sp³-hybridized carbons (Fsp3) is 0.268. The monoisotopic (exact) mass is 807 g/mol. The molecule has 0 unspecified atom stereocenters. The summed E-state index contributed by atoms with van der Waals surface area (Å²) in [5, 5.41) is 19.8. The van der Waals surface area contributed by atoms with Gasteiger partial charge in [0.05, 0.1) is 25.4 Å². The highest BCUT2D eigenvalue weighted by Crippen LogP contribution is 2.29. The highest BCUT2D eigenvalue weighted by atomic mass is 35.5. The molecular weight excluding hydrogens is 750 g/mol. The number of halogens is 5. The Balaban J connectivity index is 0. The molecular formula is C41H58ClF4N7O3. The first-order valence-corrected chi connectivity index (χ1v) is 17.9. The van der Waals surface area contributed by atoms with Crippen molar-refractivity contribution < 1.29 is 32.5 Å². The number of hydrogen-bond acceptors (Lipinski definition) is 10. The normalized spacial score (nSPS) is 9.54. The number of aliphatic hydroxyl groups excluding tert-OH is 2. The van der Waals surface area contributed by atoms with Crippen LogP contribution in [0.2, 0.25) is 5.02 Å². The summed E-state index contributed by atoms with van der Waals surface area (Å²) >= 11 is 5.56. The van der Waals surface area contributed by atoms with Gasteiger partial charge in [-0.05, 0) is 129 Å². The number of nitrogens with two attached hydrogens (primary N) is 6. The molecule has 0 aliphatic rings. The summed E-state index contributed by atoms with van der Waals surface area (Å²) in [4.78, 5) is 0. The second-order valence-corrected chi connectivity index (χ2v) is 11.4. The molecule has 15 N–H and O–H groups in total. The van der Waals surface area contributed by atoms with E-state index in [0.717, 1.165) is 46.5 Å². The van der Waals surface area contributed by atoms with Gasteiger partial charge in [-0.25, -0.2) is 4.39 Å². The summed E-state index contributed by atoms with van der Waals surface area (Å²) < 4.78 is 52.9. The molecule has 5 aromatic carbocycles. The molecule has 0 aromatic heterocycles. The summed E-state index contributed by atoms with van der Waals surface area (Å²) in [6.07, 6.45) is -1.88. The Labute approximate surface area is 333 Å². The fourth-order valence-corrected chi connectivity index (χ4v) is 3.39. The van der Waals surface area contributed by atoms with Crippen molar-refractivity contribution in [1.29, 1.82) is 0 Å². The van der Waals surface area contributed by atoms with E-state index in [4.69, 9.17) is 61.0 Å². The van der Waals surface area contributed by atoms with Gasteiger partial charge >= 0.3 is 6.18 Å². The number of unbranched alkanes of at least 4 members (excludes halogenated alkanes) is 1. The second kappa shape index (κ2) is 34.3. The van der Waals surface area contributed by atoms with Crippen LogP contribution < -0.4 is 44.5 Å². The van der Waals surface area contributed by atoms with E-state index in [2.05, 4.69) is 12.2 Å². The van der Waals surface area contributed by atoms with Gasteiger partial charge < -0.3 is 54.7 Å². The molecule has 0 aliphatic heterocycles. The maximum absolute atomic E-state index is 12.0. The highest BCUT2D eigenvalue weighted by molar-refractivity contribution is 6.30. The van der Waals surface area contributed by atoms with Crippen molar-refractivity contribution in [2.24, 2.45) is 5.73 Å². The van der Waals surface area contributed by atoms with E-state index in [-0.39, 0.29) is 19.0 Å². The Hall–Kier alpha value is -5.25. The van der Waals surface area contributed by atoms with Crippen molar-refractivity contribution in [3.8, 4) is 5.75 Å². The summed E-state index contributed by atoms with van der Waals surface area (Å²) in [7, 11) is 0. The van der Waals surface area contributed by atoms with Crippen LogP contribution >= 0.6 is 11.6 Å². The minimum Gasteiger partial charge on any atom is -0.494 e. The predicted molar refractivity (Wildman–Crippen MR) is 226 cm³/mol. The molecule has 0 heterocycles. The van der Waals surface area contributed by atoms with Gasteiger partial charge in [-0.15, -0.1) is 0 Å². The Kier molecular flexibility index (Phi) is 32.3. The standard InChI is InChI=1S/C8H11NO.C7H6F3N.C6H6ClN.C6H6FN.C6H7N.C4H11NO2.C4H11N/c1-2-10-8-5-3-7(9)4-6-8;8-7(9,10)5-1-3-6(11)4-2-5;2*7-5-1-3-6(8)4-2-5;7-6-4-2-1-3-5-6;6-3-1-5-2-4-7;1-2-3-4-5/h3-6H,2,9H2,1H3;1-4H,11H2;2*1-4H,8H2;1-5H,7H2;5-7H,1-4H2;2-5H2,1H3. The van der Waals surface area contributed by atoms with Crippen LogP contribution in [0.1, 0.15) is 32.3 Å². The van der Waals surface area contributed by atoms with Gasteiger partial charge in [-0.1, -0.05) is 43.1 Å². The van der Waals surface area contributed by atoms with Gasteiger partial charge in [0.15, 0.2) is 0 Å². The molecule has 0 atom stereocenters. The van der Waals surface area contributed by atoms with E-state index in [0.29, 0.717) is 31.1 Å². The van der Waals surface area contributed by atoms with Crippen molar-refractivity contribution in [2.45, 2.75) is 32.9 Å². The Bertz CT molecular complexity index is 1500. The van der Waals surface area contributed by atoms with Gasteiger partial charge in [-0.2, -0.15) is 13.2 Å². The zero-order valence-corrected chi connectivity index (χ0v) is 32.7. The summed E-state index contributed by atoms with van der Waals surface area (Å²) in [6.45, 7) is 7.05. The number of hydrogen-bond donors (Lipinski definition) is 9. The lowest BCUT2D eigenvalue weighted by atomic mass is 10.2. The lowest BCUT2D eigenvalue weighted by molar-refractivity contribution is -0.137. The van der Waals surface area contributed by atoms with Crippen LogP contribution in [0.15, 0.2) is 127 Å². The van der Waals surface area contributed by atoms with E-state index in [1.165, 1.54) is 49.2 Å². The highest BCUT2D eigenvalue weighted by Gasteiger charge is 2.29. The number of para-hydroxylation sites is 1. The molecule has 0 fully saturated rings. The third-order valence-corrected chi connectivity index (χ3v) is 6.36. The Morgan fingerprint density at radius 1 is 0.607 bits per heavy atom.